The summed E-state index contributed by atoms with van der Waals surface area (Å²) in [6, 6.07) is 13.1. The molecule has 0 aromatic heterocycles. The number of amides is 1. The van der Waals surface area contributed by atoms with E-state index in [0.717, 1.165) is 18.2 Å². The van der Waals surface area contributed by atoms with Gasteiger partial charge in [-0.2, -0.15) is 0 Å². The van der Waals surface area contributed by atoms with Gasteiger partial charge in [0.2, 0.25) is 5.91 Å². The van der Waals surface area contributed by atoms with Crippen molar-refractivity contribution in [3.05, 3.63) is 65.7 Å². The van der Waals surface area contributed by atoms with Gasteiger partial charge in [-0.3, -0.25) is 9.69 Å². The van der Waals surface area contributed by atoms with Crippen LogP contribution in [0.5, 0.6) is 0 Å². The smallest absolute Gasteiger partial charge is 0.238 e. The molecule has 0 radical (unpaired) electrons. The number of hydrogen-bond donors (Lipinski definition) is 2. The number of nitrogens with two attached hydrogens (primary N) is 1. The van der Waals surface area contributed by atoms with Crippen molar-refractivity contribution in [3.8, 4) is 0 Å². The van der Waals surface area contributed by atoms with Crippen molar-refractivity contribution < 1.29 is 13.6 Å². The molecule has 2 atom stereocenters. The third kappa shape index (κ3) is 4.78. The molecule has 26 heavy (non-hydrogen) atoms. The topological polar surface area (TPSA) is 58.4 Å². The summed E-state index contributed by atoms with van der Waals surface area (Å²) in [4.78, 5) is 14.2. The maximum atomic E-state index is 13.6. The van der Waals surface area contributed by atoms with Gasteiger partial charge in [0.1, 0.15) is 11.6 Å². The number of benzene rings is 2. The van der Waals surface area contributed by atoms with Crippen LogP contribution in [0.1, 0.15) is 11.5 Å². The van der Waals surface area contributed by atoms with Crippen LogP contribution in [0, 0.1) is 17.6 Å². The first-order valence-electron chi connectivity index (χ1n) is 8.29. The summed E-state index contributed by atoms with van der Waals surface area (Å²) in [7, 11) is 0. The molecule has 2 aromatic rings. The number of hydrogen-bond acceptors (Lipinski definition) is 3. The van der Waals surface area contributed by atoms with E-state index in [1.54, 1.807) is 0 Å². The fraction of sp³-hybridized carbons (Fsp3) is 0.316. The third-order valence-electron chi connectivity index (χ3n) is 4.62. The van der Waals surface area contributed by atoms with E-state index in [4.69, 9.17) is 5.73 Å². The molecule has 0 unspecified atom stereocenters. The Balaban J connectivity index is 0.00000243. The van der Waals surface area contributed by atoms with E-state index in [1.807, 2.05) is 23.1 Å². The van der Waals surface area contributed by atoms with E-state index >= 15 is 0 Å². The lowest BCUT2D eigenvalue weighted by Gasteiger charge is -2.16. The number of nitrogens with zero attached hydrogens (tertiary/aromatic N) is 1. The lowest BCUT2D eigenvalue weighted by atomic mass is 9.89. The van der Waals surface area contributed by atoms with E-state index in [0.29, 0.717) is 19.6 Å². The highest BCUT2D eigenvalue weighted by Gasteiger charge is 2.33. The lowest BCUT2D eigenvalue weighted by Crippen LogP contribution is -2.32. The first kappa shape index (κ1) is 20.3. The van der Waals surface area contributed by atoms with Crippen LogP contribution >= 0.6 is 12.4 Å². The molecule has 0 spiro atoms. The molecule has 0 aliphatic carbocycles. The summed E-state index contributed by atoms with van der Waals surface area (Å²) < 4.78 is 26.8. The Bertz CT molecular complexity index is 745. The van der Waals surface area contributed by atoms with E-state index in [9.17, 15) is 13.6 Å². The summed E-state index contributed by atoms with van der Waals surface area (Å²) in [5.41, 5.74) is 6.96. The Morgan fingerprint density at radius 3 is 2.58 bits per heavy atom. The van der Waals surface area contributed by atoms with Gasteiger partial charge < -0.3 is 11.1 Å². The average Bonchev–Trinajstić information content (AvgIpc) is 3.01. The van der Waals surface area contributed by atoms with Crippen molar-refractivity contribution >= 4 is 24.0 Å². The first-order valence-corrected chi connectivity index (χ1v) is 8.29. The Hall–Kier alpha value is -2.02. The first-order chi connectivity index (χ1) is 12.1. The zero-order valence-electron chi connectivity index (χ0n) is 14.2. The second-order valence-electron chi connectivity index (χ2n) is 6.38. The third-order valence-corrected chi connectivity index (χ3v) is 4.62. The van der Waals surface area contributed by atoms with Crippen molar-refractivity contribution in [1.82, 2.24) is 4.90 Å². The van der Waals surface area contributed by atoms with Crippen LogP contribution in [0.25, 0.3) is 0 Å². The maximum Gasteiger partial charge on any atom is 0.238 e. The number of carbonyl (C=O) groups is 1. The standard InChI is InChI=1S/C19H21F2N3O.ClH/c20-15-6-7-17(21)18(8-15)23-19(25)12-24-10-14(9-22)16(11-24)13-4-2-1-3-5-13;/h1-8,14,16H,9-12,22H2,(H,23,25);1H/t14-,16+;/m1./s1. The van der Waals surface area contributed by atoms with E-state index in [-0.39, 0.29) is 42.4 Å². The van der Waals surface area contributed by atoms with Crippen LogP contribution in [0.2, 0.25) is 0 Å². The number of anilines is 1. The van der Waals surface area contributed by atoms with Crippen molar-refractivity contribution in [2.24, 2.45) is 11.7 Å². The summed E-state index contributed by atoms with van der Waals surface area (Å²) >= 11 is 0. The van der Waals surface area contributed by atoms with Gasteiger partial charge in [0.15, 0.2) is 0 Å². The molecular weight excluding hydrogens is 360 g/mol. The molecular formula is C19H22ClF2N3O. The molecule has 4 nitrogen and oxygen atoms in total. The number of carbonyl (C=O) groups excluding carboxylic acids is 1. The minimum Gasteiger partial charge on any atom is -0.330 e. The predicted octanol–water partition coefficient (Wildman–Crippen LogP) is 3.00. The highest BCUT2D eigenvalue weighted by Crippen LogP contribution is 2.31. The highest BCUT2D eigenvalue weighted by molar-refractivity contribution is 5.92. The van der Waals surface area contributed by atoms with Gasteiger partial charge in [-0.25, -0.2) is 8.78 Å². The van der Waals surface area contributed by atoms with Gasteiger partial charge in [0, 0.05) is 25.1 Å². The average molecular weight is 382 g/mol. The Morgan fingerprint density at radius 2 is 1.88 bits per heavy atom. The van der Waals surface area contributed by atoms with Crippen LogP contribution in [-0.2, 0) is 4.79 Å². The molecule has 1 aliphatic heterocycles. The summed E-state index contributed by atoms with van der Waals surface area (Å²) in [5.74, 6) is -1.08. The van der Waals surface area contributed by atoms with Crippen LogP contribution in [0.15, 0.2) is 48.5 Å². The van der Waals surface area contributed by atoms with Crippen LogP contribution < -0.4 is 11.1 Å². The van der Waals surface area contributed by atoms with Gasteiger partial charge in [0.25, 0.3) is 0 Å². The SMILES string of the molecule is Cl.NC[C@@H]1CN(CC(=O)Nc2cc(F)ccc2F)C[C@H]1c1ccccc1. The number of halogens is 3. The molecule has 1 fully saturated rings. The summed E-state index contributed by atoms with van der Waals surface area (Å²) in [6.45, 7) is 2.08. The molecule has 1 saturated heterocycles. The normalized spacial score (nSPS) is 19.8. The second-order valence-corrected chi connectivity index (χ2v) is 6.38. The Morgan fingerprint density at radius 1 is 1.15 bits per heavy atom. The van der Waals surface area contributed by atoms with Crippen molar-refractivity contribution in [2.45, 2.75) is 5.92 Å². The second kappa shape index (κ2) is 9.07. The molecule has 1 aliphatic rings. The fourth-order valence-corrected chi connectivity index (χ4v) is 3.39. The van der Waals surface area contributed by atoms with E-state index in [2.05, 4.69) is 17.4 Å². The molecule has 0 bridgehead atoms. The van der Waals surface area contributed by atoms with E-state index in [1.165, 1.54) is 5.56 Å². The monoisotopic (exact) mass is 381 g/mol. The minimum atomic E-state index is -0.654. The zero-order valence-corrected chi connectivity index (χ0v) is 15.0. The van der Waals surface area contributed by atoms with Crippen molar-refractivity contribution in [2.75, 3.05) is 31.5 Å². The number of nitrogens with one attached hydrogen (secondary N) is 1. The predicted molar refractivity (Wildman–Crippen MR) is 100 cm³/mol. The van der Waals surface area contributed by atoms with Gasteiger partial charge in [0.05, 0.1) is 12.2 Å². The Labute approximate surface area is 157 Å². The minimum absolute atomic E-state index is 0. The van der Waals surface area contributed by atoms with Gasteiger partial charge in [-0.15, -0.1) is 12.4 Å². The van der Waals surface area contributed by atoms with Gasteiger partial charge in [-0.1, -0.05) is 30.3 Å². The molecule has 1 heterocycles. The molecule has 3 rings (SSSR count). The molecule has 0 saturated carbocycles. The molecule has 140 valence electrons. The van der Waals surface area contributed by atoms with E-state index < -0.39 is 11.6 Å². The van der Waals surface area contributed by atoms with Crippen molar-refractivity contribution in [1.29, 1.82) is 0 Å². The zero-order chi connectivity index (χ0) is 17.8. The van der Waals surface area contributed by atoms with Crippen LogP contribution in [-0.4, -0.2) is 37.0 Å². The number of rotatable bonds is 5. The van der Waals surface area contributed by atoms with Gasteiger partial charge >= 0.3 is 0 Å². The number of likely N-dealkylation sites (tertiary alicyclic amines) is 1. The summed E-state index contributed by atoms with van der Waals surface area (Å²) in [5, 5.41) is 2.44. The van der Waals surface area contributed by atoms with Crippen LogP contribution in [0.4, 0.5) is 14.5 Å². The van der Waals surface area contributed by atoms with Gasteiger partial charge in [-0.05, 0) is 30.2 Å². The van der Waals surface area contributed by atoms with Crippen molar-refractivity contribution in [3.63, 3.8) is 0 Å². The maximum absolute atomic E-state index is 13.6. The lowest BCUT2D eigenvalue weighted by molar-refractivity contribution is -0.117. The Kier molecular flexibility index (Phi) is 7.08. The molecule has 1 amide bonds. The quantitative estimate of drug-likeness (QED) is 0.837. The highest BCUT2D eigenvalue weighted by atomic mass is 35.5. The molecule has 7 heteroatoms. The molecule has 2 aromatic carbocycles. The molecule has 3 N–H and O–H groups in total. The summed E-state index contributed by atoms with van der Waals surface area (Å²) in [6.07, 6.45) is 0. The fourth-order valence-electron chi connectivity index (χ4n) is 3.39. The largest absolute Gasteiger partial charge is 0.330 e. The van der Waals surface area contributed by atoms with Crippen LogP contribution in [0.3, 0.4) is 0 Å².